The molecule has 2 aliphatic heterocycles. The van der Waals surface area contributed by atoms with Crippen molar-refractivity contribution >= 4 is 31.3 Å². The minimum Gasteiger partial charge on any atom is -0.507 e. The van der Waals surface area contributed by atoms with Crippen LogP contribution in [-0.2, 0) is 38.7 Å². The Labute approximate surface area is 244 Å². The van der Waals surface area contributed by atoms with Crippen molar-refractivity contribution in [3.05, 3.63) is 45.3 Å². The molecule has 2 aliphatic rings. The van der Waals surface area contributed by atoms with Gasteiger partial charge in [0.1, 0.15) is 5.75 Å². The Morgan fingerprint density at radius 1 is 1.12 bits per heavy atom. The monoisotopic (exact) mass is 595 g/mol. The minimum absolute atomic E-state index is 0.110. The number of nitrogens with zero attached hydrogens (tertiary/aromatic N) is 1. The Balaban J connectivity index is 1.88. The summed E-state index contributed by atoms with van der Waals surface area (Å²) >= 11 is 1.34. The van der Waals surface area contributed by atoms with Crippen LogP contribution < -0.4 is 0 Å². The van der Waals surface area contributed by atoms with E-state index in [1.54, 1.807) is 24.9 Å². The molecule has 0 aliphatic carbocycles. The first-order chi connectivity index (χ1) is 18.8. The lowest BCUT2D eigenvalue weighted by Gasteiger charge is -2.32. The first kappa shape index (κ1) is 32.9. The number of rotatable bonds is 12. The standard InChI is InChI=1S/C30H46NO7PS/c1-8-37-39(34,38-9-2)16-13-31-14-17-40-25(28(31)33)20-22-18-23(29(3,4)5)27(32)24(19-22)30(6,7)21-36-26-12-10-11-15-35-26/h14,17-20,26,32H,8-13,15-16,21H2,1-7H3. The number of benzene rings is 1. The van der Waals surface area contributed by atoms with Crippen LogP contribution in [-0.4, -0.2) is 61.3 Å². The van der Waals surface area contributed by atoms with E-state index in [1.165, 1.54) is 11.8 Å². The third-order valence-electron chi connectivity index (χ3n) is 6.91. The second kappa shape index (κ2) is 14.0. The van der Waals surface area contributed by atoms with Gasteiger partial charge in [0.05, 0.1) is 30.9 Å². The molecule has 0 saturated carbocycles. The first-order valence-corrected chi connectivity index (χ1v) is 16.8. The highest BCUT2D eigenvalue weighted by atomic mass is 32.2. The van der Waals surface area contributed by atoms with Gasteiger partial charge in [-0.2, -0.15) is 0 Å². The Morgan fingerprint density at radius 3 is 2.40 bits per heavy atom. The number of phenols is 1. The van der Waals surface area contributed by atoms with Gasteiger partial charge in [-0.15, -0.1) is 0 Å². The summed E-state index contributed by atoms with van der Waals surface area (Å²) in [6, 6.07) is 3.89. The Bertz CT molecular complexity index is 1130. The van der Waals surface area contributed by atoms with Gasteiger partial charge in [-0.3, -0.25) is 9.36 Å². The van der Waals surface area contributed by atoms with Crippen molar-refractivity contribution in [2.24, 2.45) is 0 Å². The average molecular weight is 596 g/mol. The molecule has 0 bridgehead atoms. The zero-order chi connectivity index (χ0) is 29.6. The van der Waals surface area contributed by atoms with E-state index < -0.39 is 13.0 Å². The van der Waals surface area contributed by atoms with Crippen molar-refractivity contribution in [1.82, 2.24) is 4.90 Å². The van der Waals surface area contributed by atoms with Gasteiger partial charge in [0.25, 0.3) is 5.91 Å². The molecule has 224 valence electrons. The molecule has 1 unspecified atom stereocenters. The van der Waals surface area contributed by atoms with Gasteiger partial charge < -0.3 is 28.5 Å². The van der Waals surface area contributed by atoms with Crippen molar-refractivity contribution in [2.75, 3.05) is 39.1 Å². The zero-order valence-corrected chi connectivity index (χ0v) is 26.7. The third-order valence-corrected chi connectivity index (χ3v) is 9.76. The molecular weight excluding hydrogens is 549 g/mol. The van der Waals surface area contributed by atoms with Crippen LogP contribution in [0.15, 0.2) is 28.6 Å². The smallest absolute Gasteiger partial charge is 0.332 e. The zero-order valence-electron chi connectivity index (χ0n) is 25.0. The third kappa shape index (κ3) is 8.70. The maximum absolute atomic E-state index is 13.4. The largest absolute Gasteiger partial charge is 0.507 e. The van der Waals surface area contributed by atoms with E-state index in [0.29, 0.717) is 18.1 Å². The van der Waals surface area contributed by atoms with Gasteiger partial charge in [-0.1, -0.05) is 46.4 Å². The number of carbonyl (C=O) groups excluding carboxylic acids is 1. The predicted molar refractivity (Wildman–Crippen MR) is 162 cm³/mol. The fraction of sp³-hybridized carbons (Fsp3) is 0.633. The quantitative estimate of drug-likeness (QED) is 0.201. The molecule has 1 fully saturated rings. The number of thioether (sulfide) groups is 1. The second-order valence-corrected chi connectivity index (χ2v) is 14.9. The molecule has 0 aromatic heterocycles. The first-order valence-electron chi connectivity index (χ1n) is 14.1. The van der Waals surface area contributed by atoms with Crippen molar-refractivity contribution in [3.63, 3.8) is 0 Å². The fourth-order valence-corrected chi connectivity index (χ4v) is 7.06. The average Bonchev–Trinajstić information content (AvgIpc) is 2.89. The van der Waals surface area contributed by atoms with E-state index in [0.717, 1.165) is 36.0 Å². The van der Waals surface area contributed by atoms with E-state index in [-0.39, 0.29) is 49.3 Å². The van der Waals surface area contributed by atoms with E-state index in [2.05, 4.69) is 20.8 Å². The summed E-state index contributed by atoms with van der Waals surface area (Å²) in [5.41, 5.74) is 1.55. The molecule has 1 amide bonds. The molecule has 10 heteroatoms. The molecule has 8 nitrogen and oxygen atoms in total. The lowest BCUT2D eigenvalue weighted by molar-refractivity contribution is -0.170. The maximum atomic E-state index is 13.4. The Hall–Kier alpha value is -1.61. The van der Waals surface area contributed by atoms with Crippen LogP contribution in [0.25, 0.3) is 6.08 Å². The predicted octanol–water partition coefficient (Wildman–Crippen LogP) is 7.16. The highest BCUT2D eigenvalue weighted by molar-refractivity contribution is 8.06. The SMILES string of the molecule is CCOP(=O)(CCN1C=CSC(=Cc2cc(C(C)(C)C)c(O)c(C(C)(C)COC3CCCCO3)c2)C1=O)OCC. The summed E-state index contributed by atoms with van der Waals surface area (Å²) in [4.78, 5) is 15.5. The van der Waals surface area contributed by atoms with Crippen LogP contribution in [0.5, 0.6) is 5.75 Å². The second-order valence-electron chi connectivity index (χ2n) is 11.8. The van der Waals surface area contributed by atoms with Crippen LogP contribution in [0, 0.1) is 0 Å². The van der Waals surface area contributed by atoms with Crippen molar-refractivity contribution in [1.29, 1.82) is 0 Å². The van der Waals surface area contributed by atoms with Crippen LogP contribution in [0.4, 0.5) is 0 Å². The summed E-state index contributed by atoms with van der Waals surface area (Å²) < 4.78 is 35.6. The van der Waals surface area contributed by atoms with Gasteiger partial charge in [0.15, 0.2) is 6.29 Å². The topological polar surface area (TPSA) is 94.5 Å². The number of amides is 1. The molecule has 1 N–H and O–H groups in total. The van der Waals surface area contributed by atoms with Crippen molar-refractivity contribution in [3.8, 4) is 5.75 Å². The Kier molecular flexibility index (Phi) is 11.5. The van der Waals surface area contributed by atoms with Crippen molar-refractivity contribution < 1.29 is 33.0 Å². The van der Waals surface area contributed by atoms with Crippen LogP contribution in [0.2, 0.25) is 0 Å². The van der Waals surface area contributed by atoms with Crippen LogP contribution in [0.3, 0.4) is 0 Å². The van der Waals surface area contributed by atoms with Gasteiger partial charge in [-0.05, 0) is 67.7 Å². The highest BCUT2D eigenvalue weighted by Crippen LogP contribution is 2.48. The maximum Gasteiger partial charge on any atom is 0.332 e. The van der Waals surface area contributed by atoms with Gasteiger partial charge in [-0.25, -0.2) is 0 Å². The van der Waals surface area contributed by atoms with E-state index in [4.69, 9.17) is 18.5 Å². The number of phenolic OH excluding ortho intramolecular Hbond substituents is 1. The van der Waals surface area contributed by atoms with E-state index in [1.807, 2.05) is 37.5 Å². The molecule has 2 heterocycles. The van der Waals surface area contributed by atoms with Crippen molar-refractivity contribution in [2.45, 2.75) is 84.8 Å². The lowest BCUT2D eigenvalue weighted by atomic mass is 9.77. The number of aromatic hydroxyl groups is 1. The van der Waals surface area contributed by atoms with E-state index >= 15 is 0 Å². The fourth-order valence-electron chi connectivity index (χ4n) is 4.70. The number of hydrogen-bond acceptors (Lipinski definition) is 8. The summed E-state index contributed by atoms with van der Waals surface area (Å²) in [6.07, 6.45) is 6.44. The highest BCUT2D eigenvalue weighted by Gasteiger charge is 2.32. The summed E-state index contributed by atoms with van der Waals surface area (Å²) in [5, 5.41) is 13.2. The molecular formula is C30H46NO7PS. The molecule has 1 atom stereocenters. The number of ether oxygens (including phenoxy) is 2. The van der Waals surface area contributed by atoms with Crippen LogP contribution >= 0.6 is 19.4 Å². The molecule has 1 saturated heterocycles. The van der Waals surface area contributed by atoms with Gasteiger partial charge in [0.2, 0.25) is 0 Å². The molecule has 40 heavy (non-hydrogen) atoms. The normalized spacial score (nSPS) is 20.0. The number of carbonyl (C=O) groups is 1. The number of hydrogen-bond donors (Lipinski definition) is 1. The molecule has 3 rings (SSSR count). The summed E-state index contributed by atoms with van der Waals surface area (Å²) in [7, 11) is -3.27. The summed E-state index contributed by atoms with van der Waals surface area (Å²) in [5.74, 6) is 0.0654. The molecule has 0 spiro atoms. The lowest BCUT2D eigenvalue weighted by Crippen LogP contribution is -2.31. The Morgan fingerprint density at radius 2 is 1.80 bits per heavy atom. The van der Waals surface area contributed by atoms with E-state index in [9.17, 15) is 14.5 Å². The van der Waals surface area contributed by atoms with Gasteiger partial charge >= 0.3 is 7.60 Å². The molecule has 1 aromatic carbocycles. The summed E-state index contributed by atoms with van der Waals surface area (Å²) in [6.45, 7) is 15.7. The van der Waals surface area contributed by atoms with Crippen LogP contribution in [0.1, 0.15) is 84.4 Å². The van der Waals surface area contributed by atoms with Gasteiger partial charge in [0, 0.05) is 35.9 Å². The molecule has 0 radical (unpaired) electrons. The minimum atomic E-state index is -3.27. The molecule has 1 aromatic rings.